The largest absolute Gasteiger partial charge is 0.378 e. The van der Waals surface area contributed by atoms with Crippen LogP contribution in [0.5, 0.6) is 0 Å². The molecule has 0 atom stereocenters. The fourth-order valence-corrected chi connectivity index (χ4v) is 3.56. The monoisotopic (exact) mass is 409 g/mol. The first-order valence-corrected chi connectivity index (χ1v) is 10.2. The molecule has 5 heteroatoms. The fourth-order valence-electron chi connectivity index (χ4n) is 3.44. The van der Waals surface area contributed by atoms with Crippen molar-refractivity contribution < 1.29 is 4.79 Å². The van der Waals surface area contributed by atoms with E-state index in [1.807, 2.05) is 67.5 Å². The van der Waals surface area contributed by atoms with Gasteiger partial charge in [-0.05, 0) is 60.4 Å². The number of hydrogen-bond donors (Lipinski definition) is 1. The van der Waals surface area contributed by atoms with Crippen molar-refractivity contribution >= 4 is 29.0 Å². The average molecular weight is 410 g/mol. The highest BCUT2D eigenvalue weighted by molar-refractivity contribution is 6.30. The van der Waals surface area contributed by atoms with Crippen LogP contribution in [0.1, 0.15) is 29.8 Å². The van der Waals surface area contributed by atoms with Gasteiger partial charge in [0, 0.05) is 48.7 Å². The van der Waals surface area contributed by atoms with E-state index in [-0.39, 0.29) is 5.91 Å². The third-order valence-corrected chi connectivity index (χ3v) is 5.09. The Morgan fingerprint density at radius 1 is 1.07 bits per heavy atom. The predicted molar refractivity (Wildman–Crippen MR) is 123 cm³/mol. The summed E-state index contributed by atoms with van der Waals surface area (Å²) in [5.74, 6) is 1.16. The Morgan fingerprint density at radius 2 is 1.69 bits per heavy atom. The normalized spacial score (nSPS) is 11.0. The van der Waals surface area contributed by atoms with Crippen molar-refractivity contribution in [3.63, 3.8) is 0 Å². The van der Waals surface area contributed by atoms with E-state index in [1.54, 1.807) is 0 Å². The summed E-state index contributed by atoms with van der Waals surface area (Å²) in [5.41, 5.74) is 4.87. The number of amides is 1. The van der Waals surface area contributed by atoms with Crippen LogP contribution in [0.2, 0.25) is 5.02 Å². The summed E-state index contributed by atoms with van der Waals surface area (Å²) in [4.78, 5) is 15.0. The number of carbonyl (C=O) groups is 1. The molecule has 0 aliphatic carbocycles. The standard InChI is InChI=1S/C24H28ClN3O/c1-16(2)14-28-15-17(3)22(18-6-10-20(25)11-7-18)23(28)26-24(29)19-8-12-21(13-9-19)27(4)5/h6-13,15-16H,14H2,1-5H3,(H,26,29). The second-order valence-corrected chi connectivity index (χ2v) is 8.42. The molecule has 1 amide bonds. The molecule has 0 saturated heterocycles. The molecule has 152 valence electrons. The summed E-state index contributed by atoms with van der Waals surface area (Å²) in [6.45, 7) is 7.23. The van der Waals surface area contributed by atoms with E-state index >= 15 is 0 Å². The maximum Gasteiger partial charge on any atom is 0.256 e. The van der Waals surface area contributed by atoms with Gasteiger partial charge in [-0.2, -0.15) is 0 Å². The van der Waals surface area contributed by atoms with Crippen molar-refractivity contribution in [1.29, 1.82) is 0 Å². The van der Waals surface area contributed by atoms with Gasteiger partial charge in [-0.25, -0.2) is 0 Å². The van der Waals surface area contributed by atoms with Crippen LogP contribution in [-0.4, -0.2) is 24.6 Å². The molecule has 1 heterocycles. The zero-order valence-electron chi connectivity index (χ0n) is 17.7. The Labute approximate surface area is 178 Å². The molecule has 0 aliphatic heterocycles. The lowest BCUT2D eigenvalue weighted by Crippen LogP contribution is -2.17. The predicted octanol–water partition coefficient (Wildman–Crippen LogP) is 6.09. The first kappa shape index (κ1) is 21.0. The van der Waals surface area contributed by atoms with E-state index in [2.05, 4.69) is 36.9 Å². The minimum atomic E-state index is -0.117. The highest BCUT2D eigenvalue weighted by Gasteiger charge is 2.19. The van der Waals surface area contributed by atoms with Gasteiger partial charge in [-0.15, -0.1) is 0 Å². The zero-order valence-corrected chi connectivity index (χ0v) is 18.4. The minimum Gasteiger partial charge on any atom is -0.378 e. The number of aromatic nitrogens is 1. The summed E-state index contributed by atoms with van der Waals surface area (Å²) >= 11 is 6.07. The molecule has 0 unspecified atom stereocenters. The van der Waals surface area contributed by atoms with E-state index in [0.717, 1.165) is 34.7 Å². The molecule has 0 spiro atoms. The number of hydrogen-bond acceptors (Lipinski definition) is 2. The lowest BCUT2D eigenvalue weighted by Gasteiger charge is -2.16. The van der Waals surface area contributed by atoms with Crippen molar-refractivity contribution in [3.8, 4) is 11.1 Å². The first-order chi connectivity index (χ1) is 13.8. The Hall–Kier alpha value is -2.72. The van der Waals surface area contributed by atoms with Gasteiger partial charge >= 0.3 is 0 Å². The number of rotatable bonds is 6. The summed E-state index contributed by atoms with van der Waals surface area (Å²) in [7, 11) is 3.96. The highest BCUT2D eigenvalue weighted by atomic mass is 35.5. The van der Waals surface area contributed by atoms with Crippen molar-refractivity contribution in [2.45, 2.75) is 27.3 Å². The number of aryl methyl sites for hydroxylation is 1. The number of halogens is 1. The minimum absolute atomic E-state index is 0.117. The van der Waals surface area contributed by atoms with Gasteiger partial charge in [-0.3, -0.25) is 4.79 Å². The molecular formula is C24H28ClN3O. The van der Waals surface area contributed by atoms with Gasteiger partial charge in [0.25, 0.3) is 5.91 Å². The van der Waals surface area contributed by atoms with Crippen molar-refractivity contribution in [2.24, 2.45) is 5.92 Å². The lowest BCUT2D eigenvalue weighted by molar-refractivity contribution is 0.102. The summed E-state index contributed by atoms with van der Waals surface area (Å²) < 4.78 is 2.13. The Kier molecular flexibility index (Phi) is 6.33. The van der Waals surface area contributed by atoms with Gasteiger partial charge in [0.2, 0.25) is 0 Å². The number of nitrogens with one attached hydrogen (secondary N) is 1. The summed E-state index contributed by atoms with van der Waals surface area (Å²) in [6, 6.07) is 15.4. The molecule has 1 aromatic heterocycles. The second kappa shape index (κ2) is 8.75. The van der Waals surface area contributed by atoms with Gasteiger partial charge < -0.3 is 14.8 Å². The van der Waals surface area contributed by atoms with Gasteiger partial charge in [-0.1, -0.05) is 37.6 Å². The molecule has 0 bridgehead atoms. The van der Waals surface area contributed by atoms with E-state index in [4.69, 9.17) is 11.6 Å². The van der Waals surface area contributed by atoms with E-state index in [9.17, 15) is 4.79 Å². The topological polar surface area (TPSA) is 37.3 Å². The molecule has 0 saturated carbocycles. The molecule has 3 aromatic rings. The van der Waals surface area contributed by atoms with Gasteiger partial charge in [0.05, 0.1) is 0 Å². The maximum atomic E-state index is 13.0. The molecule has 0 fully saturated rings. The molecule has 3 rings (SSSR count). The SMILES string of the molecule is Cc1cn(CC(C)C)c(NC(=O)c2ccc(N(C)C)cc2)c1-c1ccc(Cl)cc1. The van der Waals surface area contributed by atoms with Crippen molar-refractivity contribution in [3.05, 3.63) is 70.9 Å². The number of carbonyl (C=O) groups excluding carboxylic acids is 1. The van der Waals surface area contributed by atoms with Gasteiger partial charge in [0.1, 0.15) is 5.82 Å². The van der Waals surface area contributed by atoms with Crippen LogP contribution in [0.25, 0.3) is 11.1 Å². The fraction of sp³-hybridized carbons (Fsp3) is 0.292. The summed E-state index contributed by atoms with van der Waals surface area (Å²) in [5, 5.41) is 3.85. The first-order valence-electron chi connectivity index (χ1n) is 9.80. The van der Waals surface area contributed by atoms with Crippen LogP contribution in [0, 0.1) is 12.8 Å². The molecule has 2 aromatic carbocycles. The molecule has 0 aliphatic rings. The van der Waals surface area contributed by atoms with Crippen molar-refractivity contribution in [1.82, 2.24) is 4.57 Å². The quantitative estimate of drug-likeness (QED) is 0.534. The molecule has 0 radical (unpaired) electrons. The van der Waals surface area contributed by atoms with Crippen LogP contribution in [-0.2, 0) is 6.54 Å². The maximum absolute atomic E-state index is 13.0. The third-order valence-electron chi connectivity index (χ3n) is 4.84. The lowest BCUT2D eigenvalue weighted by atomic mass is 10.0. The van der Waals surface area contributed by atoms with Crippen LogP contribution in [0.4, 0.5) is 11.5 Å². The van der Waals surface area contributed by atoms with E-state index in [1.165, 1.54) is 0 Å². The molecule has 4 nitrogen and oxygen atoms in total. The molecule has 29 heavy (non-hydrogen) atoms. The third kappa shape index (κ3) is 4.83. The Balaban J connectivity index is 1.99. The van der Waals surface area contributed by atoms with Gasteiger partial charge in [0.15, 0.2) is 0 Å². The zero-order chi connectivity index (χ0) is 21.1. The van der Waals surface area contributed by atoms with Crippen LogP contribution < -0.4 is 10.2 Å². The second-order valence-electron chi connectivity index (χ2n) is 7.98. The molecular weight excluding hydrogens is 382 g/mol. The van der Waals surface area contributed by atoms with Crippen molar-refractivity contribution in [2.75, 3.05) is 24.3 Å². The average Bonchev–Trinajstić information content (AvgIpc) is 2.96. The summed E-state index contributed by atoms with van der Waals surface area (Å²) in [6.07, 6.45) is 2.11. The number of anilines is 2. The number of benzene rings is 2. The smallest absolute Gasteiger partial charge is 0.256 e. The van der Waals surface area contributed by atoms with Crippen LogP contribution >= 0.6 is 11.6 Å². The van der Waals surface area contributed by atoms with E-state index < -0.39 is 0 Å². The molecule has 1 N–H and O–H groups in total. The Morgan fingerprint density at radius 3 is 2.24 bits per heavy atom. The highest BCUT2D eigenvalue weighted by Crippen LogP contribution is 2.35. The van der Waals surface area contributed by atoms with Crippen LogP contribution in [0.3, 0.4) is 0 Å². The van der Waals surface area contributed by atoms with Crippen LogP contribution in [0.15, 0.2) is 54.7 Å². The van der Waals surface area contributed by atoms with E-state index in [0.29, 0.717) is 16.5 Å². The number of nitrogens with zero attached hydrogens (tertiary/aromatic N) is 2. The Bertz CT molecular complexity index is 986.